The number of benzene rings is 1. The van der Waals surface area contributed by atoms with Crippen LogP contribution in [0.4, 0.5) is 0 Å². The highest BCUT2D eigenvalue weighted by Gasteiger charge is 2.25. The minimum absolute atomic E-state index is 0.198. The standard InChI is InChI=1S/C16H20ClN3O/c1-2-11-6-7-18-14(9-11)16-19-15(20-21-16)10-12-4-3-5-13(17)8-12/h3-5,8,11,14,18H,2,6-7,9-10H2,1H3. The highest BCUT2D eigenvalue weighted by molar-refractivity contribution is 6.30. The molecule has 1 fully saturated rings. The van der Waals surface area contributed by atoms with Gasteiger partial charge in [-0.1, -0.05) is 42.2 Å². The number of halogens is 1. The Bertz CT molecular complexity index is 599. The summed E-state index contributed by atoms with van der Waals surface area (Å²) in [6.45, 7) is 3.26. The van der Waals surface area contributed by atoms with Gasteiger partial charge in [0.25, 0.3) is 0 Å². The quantitative estimate of drug-likeness (QED) is 0.934. The third-order valence-electron chi connectivity index (χ3n) is 4.12. The Morgan fingerprint density at radius 1 is 1.43 bits per heavy atom. The molecule has 1 aromatic heterocycles. The summed E-state index contributed by atoms with van der Waals surface area (Å²) < 4.78 is 5.44. The van der Waals surface area contributed by atoms with Gasteiger partial charge in [-0.3, -0.25) is 0 Å². The third-order valence-corrected chi connectivity index (χ3v) is 4.36. The third kappa shape index (κ3) is 3.63. The Labute approximate surface area is 129 Å². The summed E-state index contributed by atoms with van der Waals surface area (Å²) in [5.41, 5.74) is 1.10. The second kappa shape index (κ2) is 6.58. The van der Waals surface area contributed by atoms with Crippen LogP contribution in [0.3, 0.4) is 0 Å². The lowest BCUT2D eigenvalue weighted by atomic mass is 9.90. The molecule has 2 unspecified atom stereocenters. The Hall–Kier alpha value is -1.39. The van der Waals surface area contributed by atoms with Gasteiger partial charge >= 0.3 is 0 Å². The minimum atomic E-state index is 0.198. The van der Waals surface area contributed by atoms with Gasteiger partial charge in [0.05, 0.1) is 6.04 Å². The number of hydrogen-bond donors (Lipinski definition) is 1. The molecule has 1 aliphatic rings. The first-order valence-corrected chi connectivity index (χ1v) is 7.92. The first-order chi connectivity index (χ1) is 10.2. The molecule has 1 aromatic carbocycles. The van der Waals surface area contributed by atoms with Crippen molar-refractivity contribution in [2.75, 3.05) is 6.54 Å². The van der Waals surface area contributed by atoms with E-state index in [0.717, 1.165) is 29.5 Å². The van der Waals surface area contributed by atoms with E-state index in [4.69, 9.17) is 16.1 Å². The Kier molecular flexibility index (Phi) is 4.56. The summed E-state index contributed by atoms with van der Waals surface area (Å²) >= 11 is 6.00. The molecule has 0 amide bonds. The molecule has 0 bridgehead atoms. The highest BCUT2D eigenvalue weighted by atomic mass is 35.5. The second-order valence-electron chi connectivity index (χ2n) is 5.66. The molecule has 21 heavy (non-hydrogen) atoms. The van der Waals surface area contributed by atoms with E-state index < -0.39 is 0 Å². The summed E-state index contributed by atoms with van der Waals surface area (Å²) in [5.74, 6) is 2.18. The molecule has 0 aliphatic carbocycles. The molecule has 1 aliphatic heterocycles. The van der Waals surface area contributed by atoms with Gasteiger partial charge in [-0.05, 0) is 43.0 Å². The monoisotopic (exact) mass is 305 g/mol. The van der Waals surface area contributed by atoms with Crippen molar-refractivity contribution in [1.29, 1.82) is 0 Å². The molecule has 0 saturated carbocycles. The van der Waals surface area contributed by atoms with E-state index in [9.17, 15) is 0 Å². The maximum absolute atomic E-state index is 6.00. The molecule has 5 heteroatoms. The summed E-state index contributed by atoms with van der Waals surface area (Å²) in [4.78, 5) is 4.54. The average molecular weight is 306 g/mol. The van der Waals surface area contributed by atoms with E-state index in [0.29, 0.717) is 18.1 Å². The van der Waals surface area contributed by atoms with Gasteiger partial charge in [0.15, 0.2) is 5.82 Å². The van der Waals surface area contributed by atoms with E-state index in [-0.39, 0.29) is 6.04 Å². The van der Waals surface area contributed by atoms with Crippen LogP contribution >= 0.6 is 11.6 Å². The predicted octanol–water partition coefficient (Wildman–Crippen LogP) is 3.76. The minimum Gasteiger partial charge on any atom is -0.338 e. The van der Waals surface area contributed by atoms with Gasteiger partial charge in [0, 0.05) is 11.4 Å². The normalized spacial score (nSPS) is 22.4. The van der Waals surface area contributed by atoms with Crippen LogP contribution in [0.15, 0.2) is 28.8 Å². The number of piperidine rings is 1. The first kappa shape index (κ1) is 14.5. The largest absolute Gasteiger partial charge is 0.338 e. The lowest BCUT2D eigenvalue weighted by Gasteiger charge is -2.27. The molecule has 3 rings (SSSR count). The molecular formula is C16H20ClN3O. The van der Waals surface area contributed by atoms with Gasteiger partial charge in [-0.25, -0.2) is 0 Å². The highest BCUT2D eigenvalue weighted by Crippen LogP contribution is 2.28. The number of nitrogens with one attached hydrogen (secondary N) is 1. The SMILES string of the molecule is CCC1CCNC(c2nc(Cc3cccc(Cl)c3)no2)C1. The lowest BCUT2D eigenvalue weighted by molar-refractivity contribution is 0.245. The summed E-state index contributed by atoms with van der Waals surface area (Å²) in [6.07, 6.45) is 4.17. The van der Waals surface area contributed by atoms with Crippen LogP contribution in [0.2, 0.25) is 5.02 Å². The lowest BCUT2D eigenvalue weighted by Crippen LogP contribution is -2.31. The fourth-order valence-electron chi connectivity index (χ4n) is 2.87. The maximum atomic E-state index is 6.00. The van der Waals surface area contributed by atoms with Gasteiger partial charge < -0.3 is 9.84 Å². The van der Waals surface area contributed by atoms with Gasteiger partial charge in [-0.15, -0.1) is 0 Å². The van der Waals surface area contributed by atoms with E-state index >= 15 is 0 Å². The van der Waals surface area contributed by atoms with Crippen LogP contribution in [0.25, 0.3) is 0 Å². The van der Waals surface area contributed by atoms with Crippen molar-refractivity contribution < 1.29 is 4.52 Å². The van der Waals surface area contributed by atoms with E-state index in [1.807, 2.05) is 24.3 Å². The summed E-state index contributed by atoms with van der Waals surface area (Å²) in [7, 11) is 0. The fraction of sp³-hybridized carbons (Fsp3) is 0.500. The van der Waals surface area contributed by atoms with Crippen LogP contribution in [0.5, 0.6) is 0 Å². The van der Waals surface area contributed by atoms with Gasteiger partial charge in [0.2, 0.25) is 5.89 Å². The fourth-order valence-corrected chi connectivity index (χ4v) is 3.08. The van der Waals surface area contributed by atoms with Crippen molar-refractivity contribution in [1.82, 2.24) is 15.5 Å². The Morgan fingerprint density at radius 3 is 3.14 bits per heavy atom. The number of nitrogens with zero attached hydrogens (tertiary/aromatic N) is 2. The average Bonchev–Trinajstić information content (AvgIpc) is 2.96. The predicted molar refractivity (Wildman–Crippen MR) is 82.3 cm³/mol. The zero-order valence-electron chi connectivity index (χ0n) is 12.2. The van der Waals surface area contributed by atoms with Crippen LogP contribution < -0.4 is 5.32 Å². The molecule has 0 radical (unpaired) electrons. The molecule has 2 heterocycles. The molecular weight excluding hydrogens is 286 g/mol. The van der Waals surface area contributed by atoms with Crippen molar-refractivity contribution in [2.45, 2.75) is 38.6 Å². The van der Waals surface area contributed by atoms with Gasteiger partial charge in [0.1, 0.15) is 0 Å². The van der Waals surface area contributed by atoms with Crippen LogP contribution in [-0.2, 0) is 6.42 Å². The zero-order valence-corrected chi connectivity index (χ0v) is 12.9. The summed E-state index contributed by atoms with van der Waals surface area (Å²) in [5, 5.41) is 8.30. The second-order valence-corrected chi connectivity index (χ2v) is 6.10. The Balaban J connectivity index is 1.68. The molecule has 112 valence electrons. The number of rotatable bonds is 4. The van der Waals surface area contributed by atoms with Crippen molar-refractivity contribution in [3.63, 3.8) is 0 Å². The molecule has 0 spiro atoms. The van der Waals surface area contributed by atoms with E-state index in [1.54, 1.807) is 0 Å². The first-order valence-electron chi connectivity index (χ1n) is 7.55. The van der Waals surface area contributed by atoms with E-state index in [2.05, 4.69) is 22.4 Å². The van der Waals surface area contributed by atoms with Crippen molar-refractivity contribution in [3.8, 4) is 0 Å². The number of hydrogen-bond acceptors (Lipinski definition) is 4. The van der Waals surface area contributed by atoms with Gasteiger partial charge in [-0.2, -0.15) is 4.98 Å². The topological polar surface area (TPSA) is 51.0 Å². The van der Waals surface area contributed by atoms with Crippen LogP contribution in [0, 0.1) is 5.92 Å². The van der Waals surface area contributed by atoms with Crippen molar-refractivity contribution >= 4 is 11.6 Å². The Morgan fingerprint density at radius 2 is 2.33 bits per heavy atom. The molecule has 2 atom stereocenters. The van der Waals surface area contributed by atoms with Crippen molar-refractivity contribution in [3.05, 3.63) is 46.6 Å². The summed E-state index contributed by atoms with van der Waals surface area (Å²) in [6, 6.07) is 7.96. The zero-order chi connectivity index (χ0) is 14.7. The molecule has 1 saturated heterocycles. The molecule has 2 aromatic rings. The van der Waals surface area contributed by atoms with Crippen molar-refractivity contribution in [2.24, 2.45) is 5.92 Å². The smallest absolute Gasteiger partial charge is 0.243 e. The van der Waals surface area contributed by atoms with Crippen LogP contribution in [0.1, 0.15) is 49.5 Å². The number of aromatic nitrogens is 2. The maximum Gasteiger partial charge on any atom is 0.243 e. The molecule has 4 nitrogen and oxygen atoms in total. The van der Waals surface area contributed by atoms with E-state index in [1.165, 1.54) is 12.8 Å². The molecule has 1 N–H and O–H groups in total. The van der Waals surface area contributed by atoms with Crippen LogP contribution in [-0.4, -0.2) is 16.7 Å².